The van der Waals surface area contributed by atoms with Crippen LogP contribution in [-0.2, 0) is 17.8 Å². The Hall–Kier alpha value is -0.900. The summed E-state index contributed by atoms with van der Waals surface area (Å²) in [5.74, 6) is 0.684. The molecule has 0 amide bonds. The zero-order chi connectivity index (χ0) is 15.1. The molecule has 0 unspecified atom stereocenters. The van der Waals surface area contributed by atoms with Gasteiger partial charge in [-0.1, -0.05) is 38.1 Å². The molecule has 2 rings (SSSR count). The topological polar surface area (TPSA) is 24.5 Å². The standard InChI is InChI=1S/C18H30N2O/c1-15(2)13-20(10-11-21-3)14-17-6-4-16(5-7-17)12-19-18-8-9-18/h4-7,15,18-19H,8-14H2,1-3H3. The fourth-order valence-corrected chi connectivity index (χ4v) is 2.54. The Morgan fingerprint density at radius 3 is 2.43 bits per heavy atom. The van der Waals surface area contributed by atoms with Gasteiger partial charge in [-0.25, -0.2) is 0 Å². The molecule has 3 heteroatoms. The minimum atomic E-state index is 0.684. The SMILES string of the molecule is COCCN(Cc1ccc(CNC2CC2)cc1)CC(C)C. The number of nitrogens with one attached hydrogen (secondary N) is 1. The van der Waals surface area contributed by atoms with Gasteiger partial charge in [0.05, 0.1) is 6.61 Å². The second-order valence-electron chi connectivity index (χ2n) is 6.59. The summed E-state index contributed by atoms with van der Waals surface area (Å²) in [4.78, 5) is 2.48. The molecule has 3 nitrogen and oxygen atoms in total. The third-order valence-corrected chi connectivity index (χ3v) is 3.84. The molecule has 0 saturated heterocycles. The average Bonchev–Trinajstić information content (AvgIpc) is 3.27. The lowest BCUT2D eigenvalue weighted by atomic mass is 10.1. The van der Waals surface area contributed by atoms with E-state index in [-0.39, 0.29) is 0 Å². The van der Waals surface area contributed by atoms with Crippen LogP contribution in [0.4, 0.5) is 0 Å². The Morgan fingerprint density at radius 2 is 1.86 bits per heavy atom. The first kappa shape index (κ1) is 16.5. The summed E-state index contributed by atoms with van der Waals surface area (Å²) in [6, 6.07) is 9.83. The fraction of sp³-hybridized carbons (Fsp3) is 0.667. The molecule has 21 heavy (non-hydrogen) atoms. The van der Waals surface area contributed by atoms with Crippen LogP contribution in [0.5, 0.6) is 0 Å². The second kappa shape index (κ2) is 8.52. The van der Waals surface area contributed by atoms with Gasteiger partial charge in [-0.05, 0) is 29.9 Å². The van der Waals surface area contributed by atoms with Gasteiger partial charge in [0, 0.05) is 39.3 Å². The third kappa shape index (κ3) is 6.60. The second-order valence-corrected chi connectivity index (χ2v) is 6.59. The molecule has 0 heterocycles. The molecule has 0 atom stereocenters. The lowest BCUT2D eigenvalue weighted by Crippen LogP contribution is -2.30. The molecule has 1 aromatic rings. The molecule has 1 aliphatic carbocycles. The summed E-state index contributed by atoms with van der Waals surface area (Å²) in [5.41, 5.74) is 2.78. The normalized spacial score (nSPS) is 15.1. The van der Waals surface area contributed by atoms with Crippen molar-refractivity contribution in [2.45, 2.75) is 45.8 Å². The molecule has 0 radical (unpaired) electrons. The van der Waals surface area contributed by atoms with Gasteiger partial charge in [0.2, 0.25) is 0 Å². The Balaban J connectivity index is 1.82. The highest BCUT2D eigenvalue weighted by atomic mass is 16.5. The maximum atomic E-state index is 5.22. The molecule has 1 aromatic carbocycles. The lowest BCUT2D eigenvalue weighted by Gasteiger charge is -2.24. The largest absolute Gasteiger partial charge is 0.383 e. The Labute approximate surface area is 129 Å². The maximum Gasteiger partial charge on any atom is 0.0589 e. The summed E-state index contributed by atoms with van der Waals surface area (Å²) in [6.07, 6.45) is 2.70. The van der Waals surface area contributed by atoms with E-state index in [4.69, 9.17) is 4.74 Å². The number of rotatable bonds is 10. The van der Waals surface area contributed by atoms with Gasteiger partial charge in [0.15, 0.2) is 0 Å². The van der Waals surface area contributed by atoms with Crippen LogP contribution in [-0.4, -0.2) is 37.7 Å². The van der Waals surface area contributed by atoms with Gasteiger partial charge in [-0.3, -0.25) is 4.90 Å². The van der Waals surface area contributed by atoms with Gasteiger partial charge < -0.3 is 10.1 Å². The van der Waals surface area contributed by atoms with Crippen molar-refractivity contribution < 1.29 is 4.74 Å². The van der Waals surface area contributed by atoms with Crippen molar-refractivity contribution in [3.05, 3.63) is 35.4 Å². The minimum absolute atomic E-state index is 0.684. The van der Waals surface area contributed by atoms with E-state index in [1.54, 1.807) is 7.11 Å². The molecule has 118 valence electrons. The van der Waals surface area contributed by atoms with Crippen molar-refractivity contribution in [2.75, 3.05) is 26.8 Å². The van der Waals surface area contributed by atoms with Gasteiger partial charge in [-0.2, -0.15) is 0 Å². The van der Waals surface area contributed by atoms with Gasteiger partial charge in [-0.15, -0.1) is 0 Å². The van der Waals surface area contributed by atoms with Crippen LogP contribution in [0.15, 0.2) is 24.3 Å². The highest BCUT2D eigenvalue weighted by Gasteiger charge is 2.19. The number of hydrogen-bond acceptors (Lipinski definition) is 3. The zero-order valence-electron chi connectivity index (χ0n) is 13.8. The van der Waals surface area contributed by atoms with Gasteiger partial charge in [0.25, 0.3) is 0 Å². The number of hydrogen-bond donors (Lipinski definition) is 1. The lowest BCUT2D eigenvalue weighted by molar-refractivity contribution is 0.136. The number of methoxy groups -OCH3 is 1. The van der Waals surface area contributed by atoms with Crippen LogP contribution >= 0.6 is 0 Å². The number of benzene rings is 1. The highest BCUT2D eigenvalue weighted by Crippen LogP contribution is 2.19. The van der Waals surface area contributed by atoms with Crippen molar-refractivity contribution in [3.8, 4) is 0 Å². The number of ether oxygens (including phenoxy) is 1. The van der Waals surface area contributed by atoms with Crippen molar-refractivity contribution >= 4 is 0 Å². The summed E-state index contributed by atoms with van der Waals surface area (Å²) < 4.78 is 5.22. The van der Waals surface area contributed by atoms with Gasteiger partial charge >= 0.3 is 0 Å². The molecular weight excluding hydrogens is 260 g/mol. The predicted octanol–water partition coefficient (Wildman–Crippen LogP) is 3.04. The Morgan fingerprint density at radius 1 is 1.19 bits per heavy atom. The first-order valence-corrected chi connectivity index (χ1v) is 8.20. The Bertz CT molecular complexity index is 398. The molecule has 0 aliphatic heterocycles. The summed E-state index contributed by atoms with van der Waals surface area (Å²) in [6.45, 7) is 9.48. The van der Waals surface area contributed by atoms with Crippen LogP contribution in [0.3, 0.4) is 0 Å². The molecule has 0 bridgehead atoms. The van der Waals surface area contributed by atoms with E-state index in [1.807, 2.05) is 0 Å². The maximum absolute atomic E-state index is 5.22. The van der Waals surface area contributed by atoms with Crippen molar-refractivity contribution in [3.63, 3.8) is 0 Å². The van der Waals surface area contributed by atoms with E-state index in [1.165, 1.54) is 24.0 Å². The molecule has 0 aromatic heterocycles. The molecule has 1 N–H and O–H groups in total. The van der Waals surface area contributed by atoms with Crippen LogP contribution in [0.1, 0.15) is 37.8 Å². The van der Waals surface area contributed by atoms with Crippen molar-refractivity contribution in [1.82, 2.24) is 10.2 Å². The smallest absolute Gasteiger partial charge is 0.0589 e. The highest BCUT2D eigenvalue weighted by molar-refractivity contribution is 5.22. The summed E-state index contributed by atoms with van der Waals surface area (Å²) in [5, 5.41) is 3.56. The monoisotopic (exact) mass is 290 g/mol. The van der Waals surface area contributed by atoms with Crippen LogP contribution in [0.2, 0.25) is 0 Å². The molecule has 1 aliphatic rings. The van der Waals surface area contributed by atoms with E-state index in [2.05, 4.69) is 48.3 Å². The Kier molecular flexibility index (Phi) is 6.68. The van der Waals surface area contributed by atoms with Crippen molar-refractivity contribution in [1.29, 1.82) is 0 Å². The quantitative estimate of drug-likeness (QED) is 0.717. The third-order valence-electron chi connectivity index (χ3n) is 3.84. The first-order chi connectivity index (χ1) is 10.2. The minimum Gasteiger partial charge on any atom is -0.383 e. The van der Waals surface area contributed by atoms with E-state index in [0.29, 0.717) is 5.92 Å². The molecule has 1 saturated carbocycles. The summed E-state index contributed by atoms with van der Waals surface area (Å²) >= 11 is 0. The van der Waals surface area contributed by atoms with E-state index < -0.39 is 0 Å². The molecule has 0 spiro atoms. The molecular formula is C18H30N2O. The molecule has 1 fully saturated rings. The van der Waals surface area contributed by atoms with Crippen LogP contribution in [0, 0.1) is 5.92 Å². The number of nitrogens with zero attached hydrogens (tertiary/aromatic N) is 1. The summed E-state index contributed by atoms with van der Waals surface area (Å²) in [7, 11) is 1.77. The van der Waals surface area contributed by atoms with Crippen LogP contribution in [0.25, 0.3) is 0 Å². The average molecular weight is 290 g/mol. The fourth-order valence-electron chi connectivity index (χ4n) is 2.54. The van der Waals surface area contributed by atoms with Gasteiger partial charge in [0.1, 0.15) is 0 Å². The predicted molar refractivity (Wildman–Crippen MR) is 88.3 cm³/mol. The van der Waals surface area contributed by atoms with E-state index >= 15 is 0 Å². The van der Waals surface area contributed by atoms with Crippen molar-refractivity contribution in [2.24, 2.45) is 5.92 Å². The zero-order valence-corrected chi connectivity index (χ0v) is 13.8. The first-order valence-electron chi connectivity index (χ1n) is 8.20. The van der Waals surface area contributed by atoms with E-state index in [9.17, 15) is 0 Å². The van der Waals surface area contributed by atoms with E-state index in [0.717, 1.165) is 38.8 Å². The van der Waals surface area contributed by atoms with Crippen LogP contribution < -0.4 is 5.32 Å².